The van der Waals surface area contributed by atoms with Gasteiger partial charge in [0.25, 0.3) is 0 Å². The largest absolute Gasteiger partial charge is 0.313 e. The van der Waals surface area contributed by atoms with Gasteiger partial charge in [0.2, 0.25) is 0 Å². The summed E-state index contributed by atoms with van der Waals surface area (Å²) in [6.45, 7) is 16.5. The van der Waals surface area contributed by atoms with Crippen molar-refractivity contribution in [2.75, 3.05) is 13.1 Å². The molecule has 0 atom stereocenters. The maximum Gasteiger partial charge on any atom is 0.0208 e. The summed E-state index contributed by atoms with van der Waals surface area (Å²) in [4.78, 5) is 0. The van der Waals surface area contributed by atoms with Crippen molar-refractivity contribution in [2.45, 2.75) is 65.5 Å². The fourth-order valence-corrected chi connectivity index (χ4v) is 2.31. The molecule has 0 aliphatic heterocycles. The third kappa shape index (κ3) is 6.53. The first-order chi connectivity index (χ1) is 9.20. The summed E-state index contributed by atoms with van der Waals surface area (Å²) < 4.78 is 0. The van der Waals surface area contributed by atoms with Crippen LogP contribution in [-0.4, -0.2) is 18.6 Å². The molecule has 0 aliphatic rings. The predicted molar refractivity (Wildman–Crippen MR) is 89.2 cm³/mol. The van der Waals surface area contributed by atoms with Gasteiger partial charge in [-0.3, -0.25) is 0 Å². The lowest BCUT2D eigenvalue weighted by Gasteiger charge is -2.23. The van der Waals surface area contributed by atoms with Crippen LogP contribution >= 0.6 is 0 Å². The highest BCUT2D eigenvalue weighted by atomic mass is 14.9. The van der Waals surface area contributed by atoms with Crippen LogP contribution < -0.4 is 10.6 Å². The van der Waals surface area contributed by atoms with E-state index in [2.05, 4.69) is 76.4 Å². The lowest BCUT2D eigenvalue weighted by atomic mass is 9.84. The molecule has 0 amide bonds. The highest BCUT2D eigenvalue weighted by molar-refractivity contribution is 5.32. The number of benzene rings is 1. The van der Waals surface area contributed by atoms with Crippen LogP contribution in [0.15, 0.2) is 24.3 Å². The molecule has 0 aromatic heterocycles. The lowest BCUT2D eigenvalue weighted by molar-refractivity contribution is 0.418. The first kappa shape index (κ1) is 17.2. The lowest BCUT2D eigenvalue weighted by Crippen LogP contribution is -2.37. The van der Waals surface area contributed by atoms with E-state index >= 15 is 0 Å². The third-order valence-corrected chi connectivity index (χ3v) is 3.33. The van der Waals surface area contributed by atoms with Crippen molar-refractivity contribution in [3.05, 3.63) is 35.4 Å². The Morgan fingerprint density at radius 3 is 2.15 bits per heavy atom. The van der Waals surface area contributed by atoms with Crippen LogP contribution in [0.3, 0.4) is 0 Å². The fourth-order valence-electron chi connectivity index (χ4n) is 2.31. The molecule has 0 fully saturated rings. The smallest absolute Gasteiger partial charge is 0.0208 e. The van der Waals surface area contributed by atoms with Gasteiger partial charge in [0.05, 0.1) is 0 Å². The van der Waals surface area contributed by atoms with Crippen molar-refractivity contribution in [2.24, 2.45) is 0 Å². The van der Waals surface area contributed by atoms with Gasteiger partial charge in [0.15, 0.2) is 0 Å². The molecular weight excluding hydrogens is 244 g/mol. The molecule has 0 aliphatic carbocycles. The molecule has 0 radical (unpaired) electrons. The summed E-state index contributed by atoms with van der Waals surface area (Å²) in [5, 5.41) is 7.08. The van der Waals surface area contributed by atoms with Crippen molar-refractivity contribution < 1.29 is 0 Å². The maximum absolute atomic E-state index is 3.56. The molecule has 114 valence electrons. The van der Waals surface area contributed by atoms with Crippen LogP contribution in [0, 0.1) is 0 Å². The van der Waals surface area contributed by atoms with Gasteiger partial charge < -0.3 is 10.6 Å². The third-order valence-electron chi connectivity index (χ3n) is 3.33. The van der Waals surface area contributed by atoms with E-state index in [1.54, 1.807) is 0 Å². The minimum Gasteiger partial charge on any atom is -0.313 e. The van der Waals surface area contributed by atoms with E-state index in [9.17, 15) is 0 Å². The zero-order valence-corrected chi connectivity index (χ0v) is 14.1. The summed E-state index contributed by atoms with van der Waals surface area (Å²) in [5.41, 5.74) is 3.30. The number of hydrogen-bond donors (Lipinski definition) is 2. The molecule has 0 unspecified atom stereocenters. The van der Waals surface area contributed by atoms with E-state index in [1.807, 2.05) is 0 Å². The van der Waals surface area contributed by atoms with E-state index in [0.717, 1.165) is 26.1 Å². The van der Waals surface area contributed by atoms with Gasteiger partial charge in [-0.05, 0) is 56.8 Å². The molecule has 0 spiro atoms. The van der Waals surface area contributed by atoms with Crippen molar-refractivity contribution in [1.29, 1.82) is 0 Å². The van der Waals surface area contributed by atoms with Gasteiger partial charge >= 0.3 is 0 Å². The molecule has 2 nitrogen and oxygen atoms in total. The van der Waals surface area contributed by atoms with E-state index in [-0.39, 0.29) is 11.0 Å². The second kappa shape index (κ2) is 7.24. The number of hydrogen-bond acceptors (Lipinski definition) is 2. The van der Waals surface area contributed by atoms with Crippen molar-refractivity contribution in [3.63, 3.8) is 0 Å². The first-order valence-corrected chi connectivity index (χ1v) is 7.74. The standard InChI is InChI=1S/C18H32N2/c1-17(2,3)16-11-8-7-10-15(16)14-19-12-9-13-20-18(4,5)6/h7-8,10-11,19-20H,9,12-14H2,1-6H3. The van der Waals surface area contributed by atoms with Gasteiger partial charge in [0, 0.05) is 12.1 Å². The summed E-state index contributed by atoms with van der Waals surface area (Å²) >= 11 is 0. The van der Waals surface area contributed by atoms with Crippen LogP contribution in [0.4, 0.5) is 0 Å². The average molecular weight is 276 g/mol. The fraction of sp³-hybridized carbons (Fsp3) is 0.667. The molecule has 0 bridgehead atoms. The Morgan fingerprint density at radius 1 is 0.900 bits per heavy atom. The van der Waals surface area contributed by atoms with Crippen LogP contribution in [-0.2, 0) is 12.0 Å². The maximum atomic E-state index is 3.56. The summed E-state index contributed by atoms with van der Waals surface area (Å²) in [6.07, 6.45) is 1.16. The van der Waals surface area contributed by atoms with Crippen LogP contribution in [0.1, 0.15) is 59.1 Å². The van der Waals surface area contributed by atoms with Crippen molar-refractivity contribution in [3.8, 4) is 0 Å². The molecule has 2 N–H and O–H groups in total. The Labute approximate surface area is 125 Å². The molecule has 1 aromatic rings. The molecule has 20 heavy (non-hydrogen) atoms. The van der Waals surface area contributed by atoms with Crippen molar-refractivity contribution >= 4 is 0 Å². The molecule has 0 saturated heterocycles. The molecule has 1 aromatic carbocycles. The van der Waals surface area contributed by atoms with Crippen molar-refractivity contribution in [1.82, 2.24) is 10.6 Å². The molecule has 1 rings (SSSR count). The SMILES string of the molecule is CC(C)(C)NCCCNCc1ccccc1C(C)(C)C. The van der Waals surface area contributed by atoms with E-state index in [4.69, 9.17) is 0 Å². The quantitative estimate of drug-likeness (QED) is 0.771. The number of rotatable bonds is 6. The highest BCUT2D eigenvalue weighted by Gasteiger charge is 2.16. The second-order valence-electron chi connectivity index (χ2n) is 7.61. The Balaban J connectivity index is 2.36. The van der Waals surface area contributed by atoms with Gasteiger partial charge in [0.1, 0.15) is 0 Å². The molecule has 0 heterocycles. The van der Waals surface area contributed by atoms with Crippen LogP contribution in [0.2, 0.25) is 0 Å². The van der Waals surface area contributed by atoms with Crippen LogP contribution in [0.25, 0.3) is 0 Å². The van der Waals surface area contributed by atoms with E-state index in [0.29, 0.717) is 0 Å². The second-order valence-corrected chi connectivity index (χ2v) is 7.61. The van der Waals surface area contributed by atoms with Crippen LogP contribution in [0.5, 0.6) is 0 Å². The zero-order valence-electron chi connectivity index (χ0n) is 14.1. The molecular formula is C18H32N2. The first-order valence-electron chi connectivity index (χ1n) is 7.74. The van der Waals surface area contributed by atoms with Gasteiger partial charge in [-0.1, -0.05) is 45.0 Å². The zero-order chi connectivity index (χ0) is 15.2. The Hall–Kier alpha value is -0.860. The van der Waals surface area contributed by atoms with Gasteiger partial charge in [-0.25, -0.2) is 0 Å². The monoisotopic (exact) mass is 276 g/mol. The topological polar surface area (TPSA) is 24.1 Å². The summed E-state index contributed by atoms with van der Waals surface area (Å²) in [6, 6.07) is 8.75. The highest BCUT2D eigenvalue weighted by Crippen LogP contribution is 2.25. The summed E-state index contributed by atoms with van der Waals surface area (Å²) in [7, 11) is 0. The van der Waals surface area contributed by atoms with Gasteiger partial charge in [-0.15, -0.1) is 0 Å². The minimum absolute atomic E-state index is 0.214. The molecule has 2 heteroatoms. The Morgan fingerprint density at radius 2 is 1.55 bits per heavy atom. The average Bonchev–Trinajstić information content (AvgIpc) is 2.31. The summed E-state index contributed by atoms with van der Waals surface area (Å²) in [5.74, 6) is 0. The predicted octanol–water partition coefficient (Wildman–Crippen LogP) is 3.85. The number of nitrogens with one attached hydrogen (secondary N) is 2. The Bertz CT molecular complexity index is 397. The minimum atomic E-state index is 0.214. The van der Waals surface area contributed by atoms with E-state index < -0.39 is 0 Å². The molecule has 0 saturated carbocycles. The normalized spacial score (nSPS) is 12.7. The van der Waals surface area contributed by atoms with Gasteiger partial charge in [-0.2, -0.15) is 0 Å². The Kier molecular flexibility index (Phi) is 6.22. The van der Waals surface area contributed by atoms with E-state index in [1.165, 1.54) is 11.1 Å².